The van der Waals surface area contributed by atoms with Gasteiger partial charge in [0.15, 0.2) is 0 Å². The van der Waals surface area contributed by atoms with Crippen LogP contribution in [0.15, 0.2) is 0 Å². The Labute approximate surface area is 109 Å². The summed E-state index contributed by atoms with van der Waals surface area (Å²) < 4.78 is 0. The lowest BCUT2D eigenvalue weighted by molar-refractivity contribution is -0.142. The molecule has 0 aromatic heterocycles. The molecule has 1 aliphatic heterocycles. The van der Waals surface area contributed by atoms with Gasteiger partial charge in [0.05, 0.1) is 12.3 Å². The molecule has 5 nitrogen and oxygen atoms in total. The molecule has 1 atom stereocenters. The number of amides is 1. The number of hydrogen-bond acceptors (Lipinski definition) is 3. The predicted molar refractivity (Wildman–Crippen MR) is 69.3 cm³/mol. The lowest BCUT2D eigenvalue weighted by Gasteiger charge is -2.37. The molecule has 0 aliphatic carbocycles. The highest BCUT2D eigenvalue weighted by molar-refractivity contribution is 5.80. The zero-order valence-electron chi connectivity index (χ0n) is 11.8. The predicted octanol–water partition coefficient (Wildman–Crippen LogP) is 1.04. The number of rotatable bonds is 4. The SMILES string of the molecule is CN1CCC(C(=O)N(CCC(=O)O)C(C)(C)C)C1. The van der Waals surface area contributed by atoms with Crippen molar-refractivity contribution in [3.05, 3.63) is 0 Å². The number of carbonyl (C=O) groups is 2. The maximum atomic E-state index is 12.5. The van der Waals surface area contributed by atoms with Crippen LogP contribution in [0.5, 0.6) is 0 Å². The summed E-state index contributed by atoms with van der Waals surface area (Å²) in [6, 6.07) is 0. The Morgan fingerprint density at radius 1 is 1.39 bits per heavy atom. The Morgan fingerprint density at radius 2 is 2.00 bits per heavy atom. The smallest absolute Gasteiger partial charge is 0.305 e. The molecule has 1 heterocycles. The highest BCUT2D eigenvalue weighted by Crippen LogP contribution is 2.22. The molecule has 0 saturated carbocycles. The minimum Gasteiger partial charge on any atom is -0.481 e. The Kier molecular flexibility index (Phi) is 4.73. The van der Waals surface area contributed by atoms with E-state index >= 15 is 0 Å². The molecule has 0 aromatic rings. The normalized spacial score (nSPS) is 21.0. The zero-order chi connectivity index (χ0) is 13.9. The van der Waals surface area contributed by atoms with E-state index in [4.69, 9.17) is 5.11 Å². The Balaban J connectivity index is 2.70. The third-order valence-electron chi connectivity index (χ3n) is 3.37. The molecule has 1 saturated heterocycles. The molecule has 1 unspecified atom stereocenters. The highest BCUT2D eigenvalue weighted by Gasteiger charge is 2.34. The molecule has 1 fully saturated rings. The number of likely N-dealkylation sites (tertiary alicyclic amines) is 1. The van der Waals surface area contributed by atoms with Crippen LogP contribution < -0.4 is 0 Å². The maximum absolute atomic E-state index is 12.5. The number of carboxylic acids is 1. The first-order chi connectivity index (χ1) is 8.21. The molecule has 0 aromatic carbocycles. The maximum Gasteiger partial charge on any atom is 0.305 e. The summed E-state index contributed by atoms with van der Waals surface area (Å²) in [6.07, 6.45) is 0.876. The molecule has 18 heavy (non-hydrogen) atoms. The van der Waals surface area contributed by atoms with Crippen LogP contribution in [0.4, 0.5) is 0 Å². The first-order valence-electron chi connectivity index (χ1n) is 6.43. The molecular weight excluding hydrogens is 232 g/mol. The van der Waals surface area contributed by atoms with Gasteiger partial charge >= 0.3 is 5.97 Å². The standard InChI is InChI=1S/C13H24N2O3/c1-13(2,3)15(8-6-11(16)17)12(18)10-5-7-14(4)9-10/h10H,5-9H2,1-4H3,(H,16,17). The quantitative estimate of drug-likeness (QED) is 0.816. The lowest BCUT2D eigenvalue weighted by Crippen LogP contribution is -2.49. The second kappa shape index (κ2) is 5.69. The minimum atomic E-state index is -0.861. The van der Waals surface area contributed by atoms with Crippen molar-refractivity contribution >= 4 is 11.9 Å². The van der Waals surface area contributed by atoms with Gasteiger partial charge in [-0.1, -0.05) is 0 Å². The molecule has 0 spiro atoms. The monoisotopic (exact) mass is 256 g/mol. The van der Waals surface area contributed by atoms with Gasteiger partial charge in [-0.25, -0.2) is 0 Å². The second-order valence-electron chi connectivity index (χ2n) is 6.05. The second-order valence-corrected chi connectivity index (χ2v) is 6.05. The molecule has 1 amide bonds. The van der Waals surface area contributed by atoms with Crippen LogP contribution in [-0.2, 0) is 9.59 Å². The van der Waals surface area contributed by atoms with Crippen LogP contribution in [0.1, 0.15) is 33.6 Å². The van der Waals surface area contributed by atoms with Gasteiger partial charge in [-0.15, -0.1) is 0 Å². The van der Waals surface area contributed by atoms with Gasteiger partial charge in [0.1, 0.15) is 0 Å². The summed E-state index contributed by atoms with van der Waals surface area (Å²) in [4.78, 5) is 27.0. The number of hydrogen-bond donors (Lipinski definition) is 1. The molecule has 1 rings (SSSR count). The van der Waals surface area contributed by atoms with Crippen molar-refractivity contribution in [3.63, 3.8) is 0 Å². The molecular formula is C13H24N2O3. The zero-order valence-corrected chi connectivity index (χ0v) is 11.8. The summed E-state index contributed by atoms with van der Waals surface area (Å²) in [5.41, 5.74) is -0.326. The largest absolute Gasteiger partial charge is 0.481 e. The van der Waals surface area contributed by atoms with Crippen molar-refractivity contribution in [3.8, 4) is 0 Å². The summed E-state index contributed by atoms with van der Waals surface area (Å²) in [5, 5.41) is 8.77. The average molecular weight is 256 g/mol. The highest BCUT2D eigenvalue weighted by atomic mass is 16.4. The van der Waals surface area contributed by atoms with Crippen LogP contribution in [0.3, 0.4) is 0 Å². The molecule has 0 bridgehead atoms. The van der Waals surface area contributed by atoms with E-state index < -0.39 is 5.97 Å². The van der Waals surface area contributed by atoms with Crippen LogP contribution in [-0.4, -0.2) is 59.0 Å². The minimum absolute atomic E-state index is 0.00553. The Hall–Kier alpha value is -1.10. The average Bonchev–Trinajstić information content (AvgIpc) is 2.62. The Bertz CT molecular complexity index is 323. The molecule has 104 valence electrons. The summed E-state index contributed by atoms with van der Waals surface area (Å²) in [5.74, 6) is -0.753. The number of carbonyl (C=O) groups excluding carboxylic acids is 1. The first kappa shape index (κ1) is 15.0. The van der Waals surface area contributed by atoms with Crippen LogP contribution in [0.2, 0.25) is 0 Å². The van der Waals surface area contributed by atoms with E-state index in [2.05, 4.69) is 4.90 Å². The van der Waals surface area contributed by atoms with Gasteiger partial charge in [-0.05, 0) is 40.8 Å². The van der Waals surface area contributed by atoms with E-state index in [1.165, 1.54) is 0 Å². The van der Waals surface area contributed by atoms with Gasteiger partial charge in [0.2, 0.25) is 5.91 Å². The van der Waals surface area contributed by atoms with Crippen LogP contribution in [0.25, 0.3) is 0 Å². The first-order valence-corrected chi connectivity index (χ1v) is 6.43. The molecule has 5 heteroatoms. The number of aliphatic carboxylic acids is 1. The van der Waals surface area contributed by atoms with E-state index in [0.29, 0.717) is 0 Å². The van der Waals surface area contributed by atoms with Gasteiger partial charge in [0, 0.05) is 18.6 Å². The van der Waals surface area contributed by atoms with Gasteiger partial charge < -0.3 is 14.9 Å². The molecule has 1 aliphatic rings. The summed E-state index contributed by atoms with van der Waals surface area (Å²) in [7, 11) is 2.01. The van der Waals surface area contributed by atoms with E-state index in [1.807, 2.05) is 27.8 Å². The fourth-order valence-electron chi connectivity index (χ4n) is 2.34. The van der Waals surface area contributed by atoms with Crippen molar-refractivity contribution in [2.24, 2.45) is 5.92 Å². The fourth-order valence-corrected chi connectivity index (χ4v) is 2.34. The topological polar surface area (TPSA) is 60.9 Å². The van der Waals surface area contributed by atoms with Crippen molar-refractivity contribution in [2.45, 2.75) is 39.2 Å². The van der Waals surface area contributed by atoms with Crippen LogP contribution in [0, 0.1) is 5.92 Å². The van der Waals surface area contributed by atoms with Crippen molar-refractivity contribution in [2.75, 3.05) is 26.7 Å². The third kappa shape index (κ3) is 3.98. The lowest BCUT2D eigenvalue weighted by atomic mass is 10.00. The van der Waals surface area contributed by atoms with Crippen molar-refractivity contribution in [1.82, 2.24) is 9.80 Å². The van der Waals surface area contributed by atoms with Crippen LogP contribution >= 0.6 is 0 Å². The Morgan fingerprint density at radius 3 is 2.39 bits per heavy atom. The third-order valence-corrected chi connectivity index (χ3v) is 3.37. The number of nitrogens with zero attached hydrogens (tertiary/aromatic N) is 2. The van der Waals surface area contributed by atoms with E-state index in [9.17, 15) is 9.59 Å². The fraction of sp³-hybridized carbons (Fsp3) is 0.846. The van der Waals surface area contributed by atoms with Gasteiger partial charge in [-0.2, -0.15) is 0 Å². The van der Waals surface area contributed by atoms with E-state index in [0.717, 1.165) is 19.5 Å². The summed E-state index contributed by atoms with van der Waals surface area (Å²) >= 11 is 0. The van der Waals surface area contributed by atoms with Crippen molar-refractivity contribution < 1.29 is 14.7 Å². The molecule has 1 N–H and O–H groups in total. The van der Waals surface area contributed by atoms with E-state index in [-0.39, 0.29) is 30.3 Å². The van der Waals surface area contributed by atoms with Crippen molar-refractivity contribution in [1.29, 1.82) is 0 Å². The number of carboxylic acid groups (broad SMARTS) is 1. The summed E-state index contributed by atoms with van der Waals surface area (Å²) in [6.45, 7) is 7.85. The van der Waals surface area contributed by atoms with Gasteiger partial charge in [0.25, 0.3) is 0 Å². The molecule has 0 radical (unpaired) electrons. The van der Waals surface area contributed by atoms with Gasteiger partial charge in [-0.3, -0.25) is 9.59 Å². The van der Waals surface area contributed by atoms with E-state index in [1.54, 1.807) is 4.90 Å².